The smallest absolute Gasteiger partial charge is 0.236 e. The van der Waals surface area contributed by atoms with E-state index in [9.17, 15) is 4.79 Å². The Balaban J connectivity index is 2.51. The van der Waals surface area contributed by atoms with E-state index in [2.05, 4.69) is 4.98 Å². The Kier molecular flexibility index (Phi) is 4.71. The van der Waals surface area contributed by atoms with Crippen molar-refractivity contribution in [3.8, 4) is 0 Å². The molecule has 0 atom stereocenters. The molecule has 88 valence electrons. The maximum atomic E-state index is 11.4. The summed E-state index contributed by atoms with van der Waals surface area (Å²) in [5.74, 6) is 0.0736. The molecule has 0 saturated heterocycles. The Morgan fingerprint density at radius 2 is 2.06 bits per heavy atom. The highest BCUT2D eigenvalue weighted by Crippen LogP contribution is 2.06. The Morgan fingerprint density at radius 3 is 2.62 bits per heavy atom. The van der Waals surface area contributed by atoms with Crippen LogP contribution in [0.2, 0.25) is 5.15 Å². The zero-order chi connectivity index (χ0) is 12.1. The third-order valence-corrected chi connectivity index (χ3v) is 2.32. The highest BCUT2D eigenvalue weighted by Gasteiger charge is 2.09. The molecule has 0 aliphatic heterocycles. The molecular weight excluding hydrogens is 226 g/mol. The molecule has 0 N–H and O–H groups in total. The van der Waals surface area contributed by atoms with Crippen LogP contribution in [0.3, 0.4) is 0 Å². The standard InChI is InChI=1S/C11H16ClN3O/c1-14(2)11(16)8-15(3)7-9-5-4-6-10(12)13-9/h4-6H,7-8H2,1-3H3. The van der Waals surface area contributed by atoms with Crippen molar-refractivity contribution >= 4 is 17.5 Å². The van der Waals surface area contributed by atoms with Gasteiger partial charge in [-0.2, -0.15) is 0 Å². The van der Waals surface area contributed by atoms with Gasteiger partial charge < -0.3 is 4.90 Å². The molecule has 0 radical (unpaired) electrons. The summed E-state index contributed by atoms with van der Waals surface area (Å²) in [6.45, 7) is 0.987. The lowest BCUT2D eigenvalue weighted by Crippen LogP contribution is -2.34. The number of hydrogen-bond acceptors (Lipinski definition) is 3. The van der Waals surface area contributed by atoms with Gasteiger partial charge in [0.2, 0.25) is 5.91 Å². The molecule has 16 heavy (non-hydrogen) atoms. The molecule has 4 nitrogen and oxygen atoms in total. The van der Waals surface area contributed by atoms with Gasteiger partial charge in [0, 0.05) is 20.6 Å². The minimum atomic E-state index is 0.0736. The Labute approximate surface area is 101 Å². The predicted molar refractivity (Wildman–Crippen MR) is 64.3 cm³/mol. The zero-order valence-electron chi connectivity index (χ0n) is 9.77. The number of pyridine rings is 1. The van der Waals surface area contributed by atoms with Gasteiger partial charge in [0.1, 0.15) is 5.15 Å². The van der Waals surface area contributed by atoms with Crippen LogP contribution in [0.5, 0.6) is 0 Å². The fourth-order valence-electron chi connectivity index (χ4n) is 1.24. The number of carbonyl (C=O) groups excluding carboxylic acids is 1. The van der Waals surface area contributed by atoms with E-state index in [1.54, 1.807) is 25.1 Å². The lowest BCUT2D eigenvalue weighted by molar-refractivity contribution is -0.129. The Hall–Kier alpha value is -1.13. The average molecular weight is 242 g/mol. The number of rotatable bonds is 4. The topological polar surface area (TPSA) is 36.4 Å². The van der Waals surface area contributed by atoms with Crippen molar-refractivity contribution in [2.45, 2.75) is 6.54 Å². The van der Waals surface area contributed by atoms with Gasteiger partial charge >= 0.3 is 0 Å². The molecular formula is C11H16ClN3O. The second-order valence-electron chi connectivity index (χ2n) is 3.91. The highest BCUT2D eigenvalue weighted by atomic mass is 35.5. The van der Waals surface area contributed by atoms with Crippen LogP contribution in [-0.4, -0.2) is 48.4 Å². The number of aromatic nitrogens is 1. The minimum absolute atomic E-state index is 0.0736. The summed E-state index contributed by atoms with van der Waals surface area (Å²) in [4.78, 5) is 19.1. The monoisotopic (exact) mass is 241 g/mol. The summed E-state index contributed by atoms with van der Waals surface area (Å²) in [6, 6.07) is 5.48. The molecule has 0 aromatic carbocycles. The highest BCUT2D eigenvalue weighted by molar-refractivity contribution is 6.29. The van der Waals surface area contributed by atoms with Gasteiger partial charge in [-0.1, -0.05) is 17.7 Å². The van der Waals surface area contributed by atoms with Crippen molar-refractivity contribution in [2.24, 2.45) is 0 Å². The first-order valence-corrected chi connectivity index (χ1v) is 5.37. The zero-order valence-corrected chi connectivity index (χ0v) is 10.5. The Bertz CT molecular complexity index is 368. The summed E-state index contributed by atoms with van der Waals surface area (Å²) >= 11 is 5.78. The summed E-state index contributed by atoms with van der Waals surface area (Å²) < 4.78 is 0. The van der Waals surface area contributed by atoms with Crippen LogP contribution in [0.1, 0.15) is 5.69 Å². The van der Waals surface area contributed by atoms with E-state index in [1.807, 2.05) is 24.1 Å². The van der Waals surface area contributed by atoms with Gasteiger partial charge in [-0.05, 0) is 19.2 Å². The summed E-state index contributed by atoms with van der Waals surface area (Å²) in [6.07, 6.45) is 0. The number of nitrogens with zero attached hydrogens (tertiary/aromatic N) is 3. The number of carbonyl (C=O) groups is 1. The molecule has 0 aliphatic carbocycles. The van der Waals surface area contributed by atoms with Crippen LogP contribution < -0.4 is 0 Å². The fourth-order valence-corrected chi connectivity index (χ4v) is 1.42. The molecule has 0 unspecified atom stereocenters. The maximum Gasteiger partial charge on any atom is 0.236 e. The van der Waals surface area contributed by atoms with E-state index >= 15 is 0 Å². The quantitative estimate of drug-likeness (QED) is 0.745. The van der Waals surface area contributed by atoms with Crippen molar-refractivity contribution in [1.82, 2.24) is 14.8 Å². The molecule has 0 bridgehead atoms. The normalized spacial score (nSPS) is 10.6. The first-order chi connectivity index (χ1) is 7.49. The molecule has 1 aromatic rings. The van der Waals surface area contributed by atoms with Gasteiger partial charge in [-0.25, -0.2) is 4.98 Å². The van der Waals surface area contributed by atoms with Gasteiger partial charge in [-0.3, -0.25) is 9.69 Å². The van der Waals surface area contributed by atoms with Crippen molar-refractivity contribution < 1.29 is 4.79 Å². The second-order valence-corrected chi connectivity index (χ2v) is 4.30. The molecule has 0 fully saturated rings. The van der Waals surface area contributed by atoms with E-state index in [-0.39, 0.29) is 5.91 Å². The lowest BCUT2D eigenvalue weighted by Gasteiger charge is -2.18. The first-order valence-electron chi connectivity index (χ1n) is 4.99. The molecule has 1 amide bonds. The van der Waals surface area contributed by atoms with E-state index in [1.165, 1.54) is 0 Å². The molecule has 5 heteroatoms. The number of halogens is 1. The van der Waals surface area contributed by atoms with Crippen LogP contribution in [-0.2, 0) is 11.3 Å². The van der Waals surface area contributed by atoms with Crippen LogP contribution in [0, 0.1) is 0 Å². The van der Waals surface area contributed by atoms with E-state index in [4.69, 9.17) is 11.6 Å². The fraction of sp³-hybridized carbons (Fsp3) is 0.455. The summed E-state index contributed by atoms with van der Waals surface area (Å²) in [5, 5.41) is 0.477. The van der Waals surface area contributed by atoms with E-state index in [0.29, 0.717) is 18.2 Å². The SMILES string of the molecule is CN(CC(=O)N(C)C)Cc1cccc(Cl)n1. The number of hydrogen-bond donors (Lipinski definition) is 0. The van der Waals surface area contributed by atoms with Gasteiger partial charge in [0.15, 0.2) is 0 Å². The van der Waals surface area contributed by atoms with Crippen LogP contribution in [0.15, 0.2) is 18.2 Å². The van der Waals surface area contributed by atoms with Crippen molar-refractivity contribution in [3.05, 3.63) is 29.0 Å². The van der Waals surface area contributed by atoms with Gasteiger partial charge in [0.05, 0.1) is 12.2 Å². The van der Waals surface area contributed by atoms with E-state index in [0.717, 1.165) is 5.69 Å². The van der Waals surface area contributed by atoms with Crippen molar-refractivity contribution in [2.75, 3.05) is 27.7 Å². The number of amides is 1. The third kappa shape index (κ3) is 4.16. The maximum absolute atomic E-state index is 11.4. The predicted octanol–water partition coefficient (Wildman–Crippen LogP) is 1.25. The van der Waals surface area contributed by atoms with Crippen LogP contribution >= 0.6 is 11.6 Å². The van der Waals surface area contributed by atoms with Crippen LogP contribution in [0.25, 0.3) is 0 Å². The third-order valence-electron chi connectivity index (χ3n) is 2.11. The van der Waals surface area contributed by atoms with Crippen molar-refractivity contribution in [1.29, 1.82) is 0 Å². The molecule has 0 spiro atoms. The molecule has 1 aromatic heterocycles. The summed E-state index contributed by atoms with van der Waals surface area (Å²) in [5.41, 5.74) is 0.863. The molecule has 0 aliphatic rings. The minimum Gasteiger partial charge on any atom is -0.348 e. The largest absolute Gasteiger partial charge is 0.348 e. The lowest BCUT2D eigenvalue weighted by atomic mass is 10.3. The Morgan fingerprint density at radius 1 is 1.38 bits per heavy atom. The number of likely N-dealkylation sites (N-methyl/N-ethyl adjacent to an activating group) is 2. The van der Waals surface area contributed by atoms with Crippen molar-refractivity contribution in [3.63, 3.8) is 0 Å². The molecule has 1 heterocycles. The molecule has 1 rings (SSSR count). The summed E-state index contributed by atoms with van der Waals surface area (Å²) in [7, 11) is 5.37. The van der Waals surface area contributed by atoms with E-state index < -0.39 is 0 Å². The van der Waals surface area contributed by atoms with Gasteiger partial charge in [-0.15, -0.1) is 0 Å². The van der Waals surface area contributed by atoms with Crippen LogP contribution in [0.4, 0.5) is 0 Å². The molecule has 0 saturated carbocycles. The first kappa shape index (κ1) is 12.9. The van der Waals surface area contributed by atoms with Gasteiger partial charge in [0.25, 0.3) is 0 Å². The second kappa shape index (κ2) is 5.82. The average Bonchev–Trinajstić information content (AvgIpc) is 2.16.